The van der Waals surface area contributed by atoms with Crippen LogP contribution in [0.5, 0.6) is 0 Å². The molecule has 0 aromatic heterocycles. The first-order valence-corrected chi connectivity index (χ1v) is 7.00. The minimum Gasteiger partial charge on any atom is -0.323 e. The van der Waals surface area contributed by atoms with Gasteiger partial charge in [-0.1, -0.05) is 54.1 Å². The van der Waals surface area contributed by atoms with Crippen LogP contribution in [0, 0.1) is 0 Å². The van der Waals surface area contributed by atoms with Crippen molar-refractivity contribution in [2.45, 2.75) is 6.54 Å². The van der Waals surface area contributed by atoms with E-state index in [9.17, 15) is 4.79 Å². The fraction of sp³-hybridized carbons (Fsp3) is 0.118. The molecule has 2 aromatic carbocycles. The number of carbonyl (C=O) groups is 1. The van der Waals surface area contributed by atoms with Crippen LogP contribution in [0.3, 0.4) is 0 Å². The summed E-state index contributed by atoms with van der Waals surface area (Å²) in [5, 5.41) is 3.40. The van der Waals surface area contributed by atoms with Crippen molar-refractivity contribution in [2.24, 2.45) is 0 Å². The number of carbonyl (C=O) groups excluding carboxylic acids is 1. The van der Waals surface area contributed by atoms with Gasteiger partial charge in [0.15, 0.2) is 0 Å². The van der Waals surface area contributed by atoms with Crippen molar-refractivity contribution < 1.29 is 4.79 Å². The molecule has 0 aliphatic heterocycles. The molecule has 2 rings (SSSR count). The number of urea groups is 1. The quantitative estimate of drug-likeness (QED) is 0.904. The summed E-state index contributed by atoms with van der Waals surface area (Å²) in [6.07, 6.45) is 3.43. The maximum atomic E-state index is 11.9. The lowest BCUT2D eigenvalue weighted by Gasteiger charge is -2.16. The Morgan fingerprint density at radius 3 is 2.67 bits per heavy atom. The van der Waals surface area contributed by atoms with E-state index in [-0.39, 0.29) is 6.03 Å². The Kier molecular flexibility index (Phi) is 5.41. The van der Waals surface area contributed by atoms with Crippen LogP contribution < -0.4 is 5.32 Å². The number of hydrogen-bond donors (Lipinski definition) is 1. The summed E-state index contributed by atoms with van der Waals surface area (Å²) in [5.41, 5.74) is 2.03. The van der Waals surface area contributed by atoms with Crippen LogP contribution in [0.15, 0.2) is 60.8 Å². The van der Waals surface area contributed by atoms with Gasteiger partial charge in [0.1, 0.15) is 0 Å². The van der Waals surface area contributed by atoms with E-state index in [1.165, 1.54) is 0 Å². The van der Waals surface area contributed by atoms with Gasteiger partial charge in [-0.3, -0.25) is 0 Å². The Labute approximate surface area is 129 Å². The Morgan fingerprint density at radius 2 is 1.95 bits per heavy atom. The molecule has 0 bridgehead atoms. The fourth-order valence-corrected chi connectivity index (χ4v) is 2.06. The highest BCUT2D eigenvalue weighted by Crippen LogP contribution is 2.11. The lowest BCUT2D eigenvalue weighted by molar-refractivity contribution is 0.211. The summed E-state index contributed by atoms with van der Waals surface area (Å²) in [5.74, 6) is 0. The molecule has 0 unspecified atom stereocenters. The maximum Gasteiger partial charge on any atom is 0.321 e. The van der Waals surface area contributed by atoms with E-state index in [0.717, 1.165) is 11.1 Å². The molecule has 0 spiro atoms. The monoisotopic (exact) mass is 300 g/mol. The van der Waals surface area contributed by atoms with Gasteiger partial charge in [0.25, 0.3) is 0 Å². The molecule has 0 radical (unpaired) electrons. The van der Waals surface area contributed by atoms with Gasteiger partial charge in [-0.25, -0.2) is 4.79 Å². The van der Waals surface area contributed by atoms with Crippen molar-refractivity contribution in [1.29, 1.82) is 0 Å². The molecule has 0 fully saturated rings. The molecule has 0 heterocycles. The van der Waals surface area contributed by atoms with E-state index in [0.29, 0.717) is 11.6 Å². The molecule has 4 heteroatoms. The predicted molar refractivity (Wildman–Crippen MR) is 86.9 cm³/mol. The first kappa shape index (κ1) is 15.1. The van der Waals surface area contributed by atoms with Crippen molar-refractivity contribution in [3.63, 3.8) is 0 Å². The summed E-state index contributed by atoms with van der Waals surface area (Å²) in [7, 11) is 1.76. The van der Waals surface area contributed by atoms with Gasteiger partial charge in [-0.15, -0.1) is 0 Å². The van der Waals surface area contributed by atoms with Crippen molar-refractivity contribution in [3.8, 4) is 0 Å². The predicted octanol–water partition coefficient (Wildman–Crippen LogP) is 4.15. The average molecular weight is 301 g/mol. The van der Waals surface area contributed by atoms with Gasteiger partial charge in [-0.2, -0.15) is 0 Å². The smallest absolute Gasteiger partial charge is 0.321 e. The molecule has 0 saturated heterocycles. The van der Waals surface area contributed by atoms with Crippen molar-refractivity contribution >= 4 is 23.7 Å². The molecule has 0 atom stereocenters. The lowest BCUT2D eigenvalue weighted by Crippen LogP contribution is -2.33. The summed E-state index contributed by atoms with van der Waals surface area (Å²) in [6, 6.07) is 17.1. The molecule has 2 amide bonds. The summed E-state index contributed by atoms with van der Waals surface area (Å²) in [6.45, 7) is 0.567. The molecule has 0 aliphatic carbocycles. The van der Waals surface area contributed by atoms with Crippen molar-refractivity contribution in [1.82, 2.24) is 10.2 Å². The normalized spacial score (nSPS) is 10.6. The van der Waals surface area contributed by atoms with E-state index in [4.69, 9.17) is 11.6 Å². The molecule has 2 aromatic rings. The van der Waals surface area contributed by atoms with Crippen LogP contribution in [-0.4, -0.2) is 18.0 Å². The van der Waals surface area contributed by atoms with Gasteiger partial charge in [0.2, 0.25) is 0 Å². The molecule has 1 N–H and O–H groups in total. The number of nitrogens with zero attached hydrogens (tertiary/aromatic N) is 1. The Hall–Kier alpha value is -2.26. The van der Waals surface area contributed by atoms with Crippen LogP contribution in [-0.2, 0) is 6.54 Å². The summed E-state index contributed by atoms with van der Waals surface area (Å²) < 4.78 is 0. The fourth-order valence-electron chi connectivity index (χ4n) is 1.86. The third kappa shape index (κ3) is 4.97. The first-order valence-electron chi connectivity index (χ1n) is 6.63. The number of hydrogen-bond acceptors (Lipinski definition) is 1. The van der Waals surface area contributed by atoms with Gasteiger partial charge >= 0.3 is 6.03 Å². The Balaban J connectivity index is 1.86. The standard InChI is InChI=1S/C17H17ClN2O/c1-20(13-15-6-3-2-4-7-15)17(21)19-11-10-14-8-5-9-16(18)12-14/h2-12H,13H2,1H3,(H,19,21)/b11-10+. The van der Waals surface area contributed by atoms with Gasteiger partial charge < -0.3 is 10.2 Å². The van der Waals surface area contributed by atoms with Crippen LogP contribution in [0.4, 0.5) is 4.79 Å². The zero-order valence-electron chi connectivity index (χ0n) is 11.8. The lowest BCUT2D eigenvalue weighted by atomic mass is 10.2. The van der Waals surface area contributed by atoms with E-state index in [1.54, 1.807) is 24.2 Å². The minimum absolute atomic E-state index is 0.155. The molecule has 0 aliphatic rings. The number of nitrogens with one attached hydrogen (secondary N) is 1. The van der Waals surface area contributed by atoms with E-state index in [1.807, 2.05) is 54.6 Å². The highest BCUT2D eigenvalue weighted by atomic mass is 35.5. The van der Waals surface area contributed by atoms with Crippen LogP contribution >= 0.6 is 11.6 Å². The van der Waals surface area contributed by atoms with Crippen LogP contribution in [0.1, 0.15) is 11.1 Å². The topological polar surface area (TPSA) is 32.3 Å². The molecule has 21 heavy (non-hydrogen) atoms. The van der Waals surface area contributed by atoms with Crippen LogP contribution in [0.2, 0.25) is 5.02 Å². The first-order chi connectivity index (χ1) is 10.1. The third-order valence-electron chi connectivity index (χ3n) is 2.94. The van der Waals surface area contributed by atoms with Crippen LogP contribution in [0.25, 0.3) is 6.08 Å². The van der Waals surface area contributed by atoms with E-state index < -0.39 is 0 Å². The highest BCUT2D eigenvalue weighted by Gasteiger charge is 2.06. The van der Waals surface area contributed by atoms with E-state index >= 15 is 0 Å². The number of halogens is 1. The SMILES string of the molecule is CN(Cc1ccccc1)C(=O)N/C=C/c1cccc(Cl)c1. The van der Waals surface area contributed by atoms with Gasteiger partial charge in [0.05, 0.1) is 0 Å². The third-order valence-corrected chi connectivity index (χ3v) is 3.18. The molecule has 3 nitrogen and oxygen atoms in total. The second-order valence-electron chi connectivity index (χ2n) is 4.68. The van der Waals surface area contributed by atoms with Gasteiger partial charge in [-0.05, 0) is 29.3 Å². The van der Waals surface area contributed by atoms with Crippen molar-refractivity contribution in [2.75, 3.05) is 7.05 Å². The summed E-state index contributed by atoms with van der Waals surface area (Å²) in [4.78, 5) is 13.6. The Morgan fingerprint density at radius 1 is 1.19 bits per heavy atom. The molecule has 0 saturated carbocycles. The van der Waals surface area contributed by atoms with Crippen molar-refractivity contribution in [3.05, 3.63) is 76.9 Å². The maximum absolute atomic E-state index is 11.9. The zero-order chi connectivity index (χ0) is 15.1. The second-order valence-corrected chi connectivity index (χ2v) is 5.12. The minimum atomic E-state index is -0.155. The highest BCUT2D eigenvalue weighted by molar-refractivity contribution is 6.30. The number of benzene rings is 2. The largest absolute Gasteiger partial charge is 0.323 e. The van der Waals surface area contributed by atoms with E-state index in [2.05, 4.69) is 5.32 Å². The molecular formula is C17H17ClN2O. The number of amides is 2. The second kappa shape index (κ2) is 7.50. The van der Waals surface area contributed by atoms with Gasteiger partial charge in [0, 0.05) is 24.8 Å². The average Bonchev–Trinajstić information content (AvgIpc) is 2.48. The molecule has 108 valence electrons. The zero-order valence-corrected chi connectivity index (χ0v) is 12.5. The Bertz CT molecular complexity index is 626. The number of rotatable bonds is 4. The molecular weight excluding hydrogens is 284 g/mol. The summed E-state index contributed by atoms with van der Waals surface area (Å²) >= 11 is 5.90.